The topological polar surface area (TPSA) is 44.8 Å². The van der Waals surface area contributed by atoms with Crippen molar-refractivity contribution in [1.82, 2.24) is 0 Å². The van der Waals surface area contributed by atoms with Gasteiger partial charge in [-0.15, -0.1) is 0 Å². The molecule has 0 radical (unpaired) electrons. The summed E-state index contributed by atoms with van der Waals surface area (Å²) in [6.07, 6.45) is 3.17. The summed E-state index contributed by atoms with van der Waals surface area (Å²) in [6.45, 7) is 2.18. The first kappa shape index (κ1) is 7.76. The summed E-state index contributed by atoms with van der Waals surface area (Å²) < 4.78 is 4.87. The van der Waals surface area contributed by atoms with Crippen LogP contribution in [0.3, 0.4) is 0 Å². The van der Waals surface area contributed by atoms with Crippen molar-refractivity contribution in [3.8, 4) is 0 Å². The van der Waals surface area contributed by atoms with E-state index in [1.54, 1.807) is 6.92 Å². The summed E-state index contributed by atoms with van der Waals surface area (Å²) in [7, 11) is 0. The van der Waals surface area contributed by atoms with Crippen LogP contribution in [0, 0.1) is 5.92 Å². The number of rotatable bonds is 2. The van der Waals surface area contributed by atoms with Crippen LogP contribution in [0.2, 0.25) is 0 Å². The van der Waals surface area contributed by atoms with Gasteiger partial charge in [-0.2, -0.15) is 0 Å². The third kappa shape index (κ3) is 1.04. The van der Waals surface area contributed by atoms with Crippen LogP contribution in [0.15, 0.2) is 12.2 Å². The van der Waals surface area contributed by atoms with Gasteiger partial charge in [0.25, 0.3) is 0 Å². The number of esters is 1. The quantitative estimate of drug-likeness (QED) is 0.342. The van der Waals surface area contributed by atoms with Gasteiger partial charge in [-0.05, 0) is 6.92 Å². The monoisotopic (exact) mass is 170 g/mol. The normalized spacial score (nSPS) is 37.2. The minimum Gasteiger partial charge on any atom is -0.466 e. The van der Waals surface area contributed by atoms with Crippen LogP contribution in [-0.4, -0.2) is 24.8 Å². The molecule has 0 aromatic rings. The molecule has 1 fully saturated rings. The van der Waals surface area contributed by atoms with E-state index in [1.807, 2.05) is 12.2 Å². The Labute approximate surface area is 70.0 Å². The van der Waals surface area contributed by atoms with E-state index in [0.717, 1.165) is 0 Å². The van der Waals surface area contributed by atoms with E-state index in [4.69, 9.17) is 14.5 Å². The second kappa shape index (κ2) is 2.88. The van der Waals surface area contributed by atoms with Gasteiger partial charge in [0.1, 0.15) is 18.1 Å². The molecule has 12 heavy (non-hydrogen) atoms. The SMILES string of the molecule is CCOC(=O)C1C2C=CC1OO2. The van der Waals surface area contributed by atoms with Gasteiger partial charge < -0.3 is 4.74 Å². The third-order valence-corrected chi connectivity index (χ3v) is 2.03. The van der Waals surface area contributed by atoms with E-state index in [9.17, 15) is 4.79 Å². The Morgan fingerprint density at radius 1 is 1.42 bits per heavy atom. The van der Waals surface area contributed by atoms with Crippen molar-refractivity contribution < 1.29 is 19.3 Å². The molecule has 1 heterocycles. The molecule has 2 rings (SSSR count). The summed E-state index contributed by atoms with van der Waals surface area (Å²) in [5.74, 6) is -0.528. The van der Waals surface area contributed by atoms with Gasteiger partial charge in [-0.3, -0.25) is 4.79 Å². The number of hydrogen-bond acceptors (Lipinski definition) is 4. The van der Waals surface area contributed by atoms with Crippen molar-refractivity contribution >= 4 is 5.97 Å². The number of hydrogen-bond donors (Lipinski definition) is 0. The lowest BCUT2D eigenvalue weighted by molar-refractivity contribution is -0.286. The van der Waals surface area contributed by atoms with Gasteiger partial charge in [0, 0.05) is 0 Å². The second-order valence-electron chi connectivity index (χ2n) is 2.78. The predicted molar refractivity (Wildman–Crippen MR) is 39.0 cm³/mol. The maximum Gasteiger partial charge on any atom is 0.315 e. The standard InChI is InChI=1S/C8H10O4/c1-2-10-8(9)7-5-3-4-6(7)12-11-5/h3-7H,2H2,1H3. The lowest BCUT2D eigenvalue weighted by atomic mass is 10.0. The van der Waals surface area contributed by atoms with E-state index in [-0.39, 0.29) is 24.1 Å². The molecule has 2 unspecified atom stereocenters. The fourth-order valence-corrected chi connectivity index (χ4v) is 1.46. The molecule has 1 aliphatic heterocycles. The van der Waals surface area contributed by atoms with Crippen LogP contribution in [-0.2, 0) is 19.3 Å². The van der Waals surface area contributed by atoms with Crippen LogP contribution in [0.25, 0.3) is 0 Å². The largest absolute Gasteiger partial charge is 0.466 e. The van der Waals surface area contributed by atoms with E-state index in [2.05, 4.69) is 0 Å². The molecular weight excluding hydrogens is 160 g/mol. The maximum absolute atomic E-state index is 11.3. The van der Waals surface area contributed by atoms with Crippen molar-refractivity contribution in [2.75, 3.05) is 6.61 Å². The van der Waals surface area contributed by atoms with E-state index in [0.29, 0.717) is 6.61 Å². The van der Waals surface area contributed by atoms with E-state index >= 15 is 0 Å². The van der Waals surface area contributed by atoms with Crippen molar-refractivity contribution in [1.29, 1.82) is 0 Å². The number of carbonyl (C=O) groups is 1. The Morgan fingerprint density at radius 3 is 2.42 bits per heavy atom. The molecule has 0 saturated carbocycles. The highest BCUT2D eigenvalue weighted by atomic mass is 17.2. The lowest BCUT2D eigenvalue weighted by Crippen LogP contribution is -2.27. The molecule has 4 nitrogen and oxygen atoms in total. The maximum atomic E-state index is 11.3. The summed E-state index contributed by atoms with van der Waals surface area (Å²) in [4.78, 5) is 21.0. The molecule has 1 saturated heterocycles. The fourth-order valence-electron chi connectivity index (χ4n) is 1.46. The lowest BCUT2D eigenvalue weighted by Gasteiger charge is -2.08. The summed E-state index contributed by atoms with van der Waals surface area (Å²) in [5.41, 5.74) is 0. The summed E-state index contributed by atoms with van der Waals surface area (Å²) >= 11 is 0. The molecule has 0 amide bonds. The highest BCUT2D eigenvalue weighted by Crippen LogP contribution is 2.33. The van der Waals surface area contributed by atoms with Gasteiger partial charge in [0.2, 0.25) is 0 Å². The van der Waals surface area contributed by atoms with E-state index in [1.165, 1.54) is 0 Å². The minimum atomic E-state index is -0.287. The molecule has 0 aromatic carbocycles. The van der Waals surface area contributed by atoms with Gasteiger partial charge in [-0.1, -0.05) is 12.2 Å². The molecule has 66 valence electrons. The summed E-state index contributed by atoms with van der Waals surface area (Å²) in [5, 5.41) is 0. The Balaban J connectivity index is 2.02. The molecule has 1 aliphatic carbocycles. The highest BCUT2D eigenvalue weighted by Gasteiger charge is 2.46. The Kier molecular flexibility index (Phi) is 1.86. The fraction of sp³-hybridized carbons (Fsp3) is 0.625. The molecule has 2 bridgehead atoms. The number of fused-ring (bicyclic) bond motifs is 2. The summed E-state index contributed by atoms with van der Waals surface area (Å²) in [6, 6.07) is 0. The first-order valence-corrected chi connectivity index (χ1v) is 4.00. The van der Waals surface area contributed by atoms with Gasteiger partial charge >= 0.3 is 5.97 Å². The van der Waals surface area contributed by atoms with Crippen LogP contribution in [0.4, 0.5) is 0 Å². The van der Waals surface area contributed by atoms with Gasteiger partial charge in [-0.25, -0.2) is 9.78 Å². The second-order valence-corrected chi connectivity index (χ2v) is 2.78. The smallest absolute Gasteiger partial charge is 0.315 e. The minimum absolute atomic E-state index is 0.241. The molecule has 4 heteroatoms. The van der Waals surface area contributed by atoms with Crippen LogP contribution >= 0.6 is 0 Å². The number of carbonyl (C=O) groups excluding carboxylic acids is 1. The van der Waals surface area contributed by atoms with E-state index < -0.39 is 0 Å². The van der Waals surface area contributed by atoms with Crippen molar-refractivity contribution in [2.45, 2.75) is 19.1 Å². The van der Waals surface area contributed by atoms with Gasteiger partial charge in [0.15, 0.2) is 0 Å². The van der Waals surface area contributed by atoms with Crippen molar-refractivity contribution in [3.05, 3.63) is 12.2 Å². The number of ether oxygens (including phenoxy) is 1. The predicted octanol–water partition coefficient (Wildman–Crippen LogP) is 0.434. The van der Waals surface area contributed by atoms with Crippen LogP contribution in [0.1, 0.15) is 6.92 Å². The Hall–Kier alpha value is -0.870. The highest BCUT2D eigenvalue weighted by molar-refractivity contribution is 5.75. The van der Waals surface area contributed by atoms with Gasteiger partial charge in [0.05, 0.1) is 6.61 Å². The van der Waals surface area contributed by atoms with Crippen molar-refractivity contribution in [3.63, 3.8) is 0 Å². The molecule has 0 aromatic heterocycles. The Morgan fingerprint density at radius 2 is 2.00 bits per heavy atom. The first-order chi connectivity index (χ1) is 5.83. The zero-order valence-corrected chi connectivity index (χ0v) is 6.73. The van der Waals surface area contributed by atoms with Crippen LogP contribution in [0.5, 0.6) is 0 Å². The molecule has 0 N–H and O–H groups in total. The average molecular weight is 170 g/mol. The third-order valence-electron chi connectivity index (χ3n) is 2.03. The molecule has 2 aliphatic rings. The zero-order chi connectivity index (χ0) is 8.55. The van der Waals surface area contributed by atoms with Crippen molar-refractivity contribution in [2.24, 2.45) is 5.92 Å². The van der Waals surface area contributed by atoms with Crippen LogP contribution < -0.4 is 0 Å². The molecular formula is C8H10O4. The molecule has 2 atom stereocenters. The average Bonchev–Trinajstić information content (AvgIpc) is 2.62. The molecule has 0 spiro atoms. The zero-order valence-electron chi connectivity index (χ0n) is 6.73. The Bertz CT molecular complexity index is 209. The first-order valence-electron chi connectivity index (χ1n) is 4.00.